The van der Waals surface area contributed by atoms with E-state index >= 15 is 0 Å². The van der Waals surface area contributed by atoms with E-state index in [1.54, 1.807) is 34.9 Å². The zero-order valence-corrected chi connectivity index (χ0v) is 24.9. The number of aryl methyl sites for hydroxylation is 1. The van der Waals surface area contributed by atoms with Crippen molar-refractivity contribution in [2.75, 3.05) is 24.6 Å². The maximum atomic E-state index is 14.7. The summed E-state index contributed by atoms with van der Waals surface area (Å²) in [7, 11) is 0. The molecule has 3 aliphatic rings. The predicted molar refractivity (Wildman–Crippen MR) is 162 cm³/mol. The summed E-state index contributed by atoms with van der Waals surface area (Å²) in [5, 5.41) is 10.6. The smallest absolute Gasteiger partial charge is 0.253 e. The van der Waals surface area contributed by atoms with Crippen LogP contribution in [0.4, 0.5) is 5.69 Å². The zero-order valence-electron chi connectivity index (χ0n) is 24.1. The lowest BCUT2D eigenvalue weighted by atomic mass is 9.70. The van der Waals surface area contributed by atoms with Crippen LogP contribution in [0, 0.1) is 18.8 Å². The van der Waals surface area contributed by atoms with Crippen molar-refractivity contribution in [2.45, 2.75) is 57.0 Å². The normalized spacial score (nSPS) is 26.6. The third-order valence-electron chi connectivity index (χ3n) is 8.91. The Kier molecular flexibility index (Phi) is 8.60. The number of aliphatic hydroxyl groups is 1. The second-order valence-electron chi connectivity index (χ2n) is 11.5. The second-order valence-corrected chi connectivity index (χ2v) is 11.9. The highest BCUT2D eigenvalue weighted by Gasteiger charge is 2.75. The fourth-order valence-corrected chi connectivity index (χ4v) is 7.47. The number of likely N-dealkylation sites (tertiary alicyclic amines) is 1. The molecule has 3 fully saturated rings. The van der Waals surface area contributed by atoms with E-state index < -0.39 is 35.6 Å². The number of anilines is 1. The number of fused-ring (bicyclic) bond motifs is 1. The molecule has 3 amide bonds. The fourth-order valence-electron chi connectivity index (χ4n) is 7.15. The van der Waals surface area contributed by atoms with Crippen LogP contribution in [0.2, 0.25) is 5.02 Å². The van der Waals surface area contributed by atoms with E-state index in [4.69, 9.17) is 16.3 Å². The minimum Gasteiger partial charge on any atom is -0.394 e. The van der Waals surface area contributed by atoms with Crippen LogP contribution in [0.5, 0.6) is 0 Å². The molecule has 2 bridgehead atoms. The Bertz CT molecular complexity index is 1360. The Morgan fingerprint density at radius 2 is 1.86 bits per heavy atom. The molecule has 3 saturated heterocycles. The average molecular weight is 592 g/mol. The molecule has 0 saturated carbocycles. The molecule has 42 heavy (non-hydrogen) atoms. The predicted octanol–water partition coefficient (Wildman–Crippen LogP) is 4.14. The second kappa shape index (κ2) is 12.0. The Morgan fingerprint density at radius 1 is 1.14 bits per heavy atom. The van der Waals surface area contributed by atoms with Crippen LogP contribution in [-0.2, 0) is 25.7 Å². The number of carbonyl (C=O) groups is 3. The molecule has 0 aromatic heterocycles. The molecular formula is C33H38ClN3O5. The molecule has 1 spiro atoms. The van der Waals surface area contributed by atoms with Crippen molar-refractivity contribution in [3.63, 3.8) is 0 Å². The first-order valence-electron chi connectivity index (χ1n) is 14.4. The molecule has 0 aliphatic carbocycles. The van der Waals surface area contributed by atoms with Crippen LogP contribution in [0.15, 0.2) is 73.8 Å². The summed E-state index contributed by atoms with van der Waals surface area (Å²) in [5.41, 5.74) is 1.09. The standard InChI is InChI=1S/C33H38ClN3O5/c1-5-17-35(19-23-12-8-7-9-13-23)30(39)26-25-15-16-33(42-25)27(26)31(40)37(22(4)20-38)29(33)32(41)36(18-6-2)28-21(3)11-10-14-24(28)34/h5-14,22,25-27,29,38H,1-2,15-20H2,3-4H3/t22-,25-,26+,27+,29?,33?/m1/s1. The number of halogens is 1. The van der Waals surface area contributed by atoms with E-state index in [1.165, 1.54) is 4.90 Å². The Hall–Kier alpha value is -3.46. The summed E-state index contributed by atoms with van der Waals surface area (Å²) in [6, 6.07) is 13.3. The molecule has 2 aromatic rings. The molecule has 6 atom stereocenters. The number of nitrogens with zero attached hydrogens (tertiary/aromatic N) is 3. The van der Waals surface area contributed by atoms with Gasteiger partial charge in [-0.3, -0.25) is 14.4 Å². The summed E-state index contributed by atoms with van der Waals surface area (Å²) < 4.78 is 6.63. The van der Waals surface area contributed by atoms with Crippen LogP contribution < -0.4 is 4.90 Å². The van der Waals surface area contributed by atoms with Gasteiger partial charge in [-0.25, -0.2) is 0 Å². The third-order valence-corrected chi connectivity index (χ3v) is 9.21. The van der Waals surface area contributed by atoms with Gasteiger partial charge in [0.05, 0.1) is 41.3 Å². The van der Waals surface area contributed by atoms with E-state index in [0.29, 0.717) is 36.6 Å². The van der Waals surface area contributed by atoms with Crippen molar-refractivity contribution >= 4 is 35.0 Å². The Balaban J connectivity index is 1.56. The lowest BCUT2D eigenvalue weighted by Crippen LogP contribution is -2.58. The van der Waals surface area contributed by atoms with Gasteiger partial charge in [-0.1, -0.05) is 66.2 Å². The average Bonchev–Trinajstić information content (AvgIpc) is 3.63. The third kappa shape index (κ3) is 4.85. The number of rotatable bonds is 11. The van der Waals surface area contributed by atoms with E-state index in [9.17, 15) is 19.5 Å². The molecule has 2 aromatic carbocycles. The fraction of sp³-hybridized carbons (Fsp3) is 0.424. The maximum Gasteiger partial charge on any atom is 0.253 e. The minimum atomic E-state index is -1.20. The highest BCUT2D eigenvalue weighted by molar-refractivity contribution is 6.34. The molecule has 1 N–H and O–H groups in total. The molecule has 9 heteroatoms. The van der Waals surface area contributed by atoms with Gasteiger partial charge in [0, 0.05) is 19.6 Å². The van der Waals surface area contributed by atoms with E-state index in [0.717, 1.165) is 11.1 Å². The molecule has 8 nitrogen and oxygen atoms in total. The highest BCUT2D eigenvalue weighted by atomic mass is 35.5. The molecule has 5 rings (SSSR count). The van der Waals surface area contributed by atoms with Gasteiger partial charge in [0.2, 0.25) is 11.8 Å². The highest BCUT2D eigenvalue weighted by Crippen LogP contribution is 2.59. The summed E-state index contributed by atoms with van der Waals surface area (Å²) in [6.45, 7) is 11.8. The number of aliphatic hydroxyl groups excluding tert-OH is 1. The topological polar surface area (TPSA) is 90.4 Å². The summed E-state index contributed by atoms with van der Waals surface area (Å²) in [6.07, 6.45) is 3.79. The number of benzene rings is 2. The van der Waals surface area contributed by atoms with Crippen LogP contribution in [0.25, 0.3) is 0 Å². The zero-order chi connectivity index (χ0) is 30.2. The number of hydrogen-bond acceptors (Lipinski definition) is 5. The van der Waals surface area contributed by atoms with E-state index in [-0.39, 0.29) is 30.9 Å². The number of amides is 3. The lowest BCUT2D eigenvalue weighted by molar-refractivity contribution is -0.147. The summed E-state index contributed by atoms with van der Waals surface area (Å²) >= 11 is 6.61. The van der Waals surface area contributed by atoms with E-state index in [1.807, 2.05) is 49.4 Å². The molecule has 3 heterocycles. The first-order valence-corrected chi connectivity index (χ1v) is 14.8. The van der Waals surface area contributed by atoms with Crippen LogP contribution in [0.3, 0.4) is 0 Å². The van der Waals surface area contributed by atoms with Crippen LogP contribution in [-0.4, -0.2) is 76.1 Å². The van der Waals surface area contributed by atoms with Gasteiger partial charge in [-0.2, -0.15) is 0 Å². The van der Waals surface area contributed by atoms with Crippen molar-refractivity contribution < 1.29 is 24.2 Å². The van der Waals surface area contributed by atoms with Crippen molar-refractivity contribution in [2.24, 2.45) is 11.8 Å². The van der Waals surface area contributed by atoms with Crippen molar-refractivity contribution in [1.29, 1.82) is 0 Å². The van der Waals surface area contributed by atoms with Crippen LogP contribution in [0.1, 0.15) is 30.9 Å². The molecular weight excluding hydrogens is 554 g/mol. The minimum absolute atomic E-state index is 0.159. The number of ether oxygens (including phenoxy) is 1. The summed E-state index contributed by atoms with van der Waals surface area (Å²) in [4.78, 5) is 47.9. The molecule has 3 aliphatic heterocycles. The van der Waals surface area contributed by atoms with Crippen molar-refractivity contribution in [1.82, 2.24) is 9.80 Å². The number of para-hydroxylation sites is 1. The van der Waals surface area contributed by atoms with Gasteiger partial charge in [0.25, 0.3) is 5.91 Å². The molecule has 0 radical (unpaired) electrons. The lowest BCUT2D eigenvalue weighted by Gasteiger charge is -2.39. The summed E-state index contributed by atoms with van der Waals surface area (Å²) in [5.74, 6) is -2.52. The monoisotopic (exact) mass is 591 g/mol. The van der Waals surface area contributed by atoms with Gasteiger partial charge >= 0.3 is 0 Å². The first kappa shape index (κ1) is 30.0. The van der Waals surface area contributed by atoms with Gasteiger partial charge in [0.15, 0.2) is 0 Å². The Morgan fingerprint density at radius 3 is 2.50 bits per heavy atom. The molecule has 222 valence electrons. The van der Waals surface area contributed by atoms with E-state index in [2.05, 4.69) is 13.2 Å². The van der Waals surface area contributed by atoms with Crippen LogP contribution >= 0.6 is 11.6 Å². The SMILES string of the molecule is C=CCN(Cc1ccccc1)C(=O)[C@@H]1[C@H]2C(=O)N([C@H](C)CO)C(C(=O)N(CC=C)c3c(C)cccc3Cl)C23CC[C@H]1O3. The largest absolute Gasteiger partial charge is 0.394 e. The molecule has 2 unspecified atom stereocenters. The quantitative estimate of drug-likeness (QED) is 0.397. The van der Waals surface area contributed by atoms with Gasteiger partial charge in [0.1, 0.15) is 11.6 Å². The Labute approximate surface area is 252 Å². The number of carbonyl (C=O) groups excluding carboxylic acids is 3. The van der Waals surface area contributed by atoms with Gasteiger partial charge in [-0.15, -0.1) is 13.2 Å². The maximum absolute atomic E-state index is 14.7. The van der Waals surface area contributed by atoms with Gasteiger partial charge in [-0.05, 0) is 43.9 Å². The van der Waals surface area contributed by atoms with Gasteiger partial charge < -0.3 is 24.5 Å². The first-order chi connectivity index (χ1) is 20.2. The number of hydrogen-bond donors (Lipinski definition) is 1. The van der Waals surface area contributed by atoms with Crippen molar-refractivity contribution in [3.05, 3.63) is 90.0 Å². The van der Waals surface area contributed by atoms with Crippen molar-refractivity contribution in [3.8, 4) is 0 Å².